The van der Waals surface area contributed by atoms with Crippen molar-refractivity contribution in [2.24, 2.45) is 5.92 Å². The Morgan fingerprint density at radius 2 is 2.18 bits per heavy atom. The van der Waals surface area contributed by atoms with Crippen LogP contribution < -0.4 is 5.32 Å². The van der Waals surface area contributed by atoms with Gasteiger partial charge in [-0.3, -0.25) is 9.89 Å². The molecule has 2 aliphatic rings. The number of carbonyl (C=O) groups is 1. The first-order valence-electron chi connectivity index (χ1n) is 8.15. The summed E-state index contributed by atoms with van der Waals surface area (Å²) < 4.78 is 0. The molecule has 22 heavy (non-hydrogen) atoms. The molecule has 1 heterocycles. The zero-order chi connectivity index (χ0) is 15.5. The maximum Gasteiger partial charge on any atom is 0.246 e. The quantitative estimate of drug-likeness (QED) is 0.738. The molecule has 6 heteroatoms. The molecule has 2 aliphatic carbocycles. The number of nitrogens with zero attached hydrogens (tertiary/aromatic N) is 2. The highest BCUT2D eigenvalue weighted by Gasteiger charge is 2.35. The topological polar surface area (TPSA) is 90.9 Å². The number of hydrogen-bond donors (Lipinski definition) is 3. The first kappa shape index (κ1) is 15.2. The molecule has 0 bridgehead atoms. The molecule has 2 saturated carbocycles. The summed E-state index contributed by atoms with van der Waals surface area (Å²) in [5, 5.41) is 19.9. The minimum Gasteiger partial charge on any atom is -0.393 e. The molecule has 1 amide bonds. The summed E-state index contributed by atoms with van der Waals surface area (Å²) in [6, 6.07) is 0. The lowest BCUT2D eigenvalue weighted by molar-refractivity contribution is -0.117. The Morgan fingerprint density at radius 1 is 1.41 bits per heavy atom. The van der Waals surface area contributed by atoms with Gasteiger partial charge in [-0.15, -0.1) is 0 Å². The number of allylic oxidation sites excluding steroid dienone is 1. The summed E-state index contributed by atoms with van der Waals surface area (Å²) in [5.74, 6) is 1.14. The Labute approximate surface area is 130 Å². The number of amides is 1. The molecule has 120 valence electrons. The Bertz CT molecular complexity index is 545. The fourth-order valence-electron chi connectivity index (χ4n) is 3.65. The van der Waals surface area contributed by atoms with E-state index in [4.69, 9.17) is 0 Å². The normalized spacial score (nSPS) is 28.1. The molecule has 1 aromatic rings. The third-order valence-corrected chi connectivity index (χ3v) is 5.08. The smallest absolute Gasteiger partial charge is 0.246 e. The van der Waals surface area contributed by atoms with Crippen LogP contribution in [-0.4, -0.2) is 38.8 Å². The van der Waals surface area contributed by atoms with E-state index in [0.29, 0.717) is 13.0 Å². The van der Waals surface area contributed by atoms with Gasteiger partial charge in [0.25, 0.3) is 0 Å². The van der Waals surface area contributed by atoms with E-state index in [9.17, 15) is 9.90 Å². The average Bonchev–Trinajstić information content (AvgIpc) is 3.25. The van der Waals surface area contributed by atoms with Crippen molar-refractivity contribution in [3.63, 3.8) is 0 Å². The van der Waals surface area contributed by atoms with Gasteiger partial charge in [0, 0.05) is 24.0 Å². The van der Waals surface area contributed by atoms with Crippen LogP contribution in [0.1, 0.15) is 57.2 Å². The van der Waals surface area contributed by atoms with Gasteiger partial charge in [-0.25, -0.2) is 4.98 Å². The van der Waals surface area contributed by atoms with Crippen molar-refractivity contribution in [1.29, 1.82) is 0 Å². The number of aromatic amines is 1. The van der Waals surface area contributed by atoms with Crippen LogP contribution in [0.4, 0.5) is 0 Å². The van der Waals surface area contributed by atoms with Gasteiger partial charge in [0.15, 0.2) is 0 Å². The molecular weight excluding hydrogens is 280 g/mol. The van der Waals surface area contributed by atoms with E-state index in [2.05, 4.69) is 20.5 Å². The summed E-state index contributed by atoms with van der Waals surface area (Å²) in [4.78, 5) is 16.4. The van der Waals surface area contributed by atoms with Gasteiger partial charge in [-0.1, -0.05) is 5.57 Å². The number of hydrogen-bond acceptors (Lipinski definition) is 4. The van der Waals surface area contributed by atoms with Gasteiger partial charge >= 0.3 is 0 Å². The van der Waals surface area contributed by atoms with Gasteiger partial charge in [-0.2, -0.15) is 5.10 Å². The molecule has 0 aliphatic heterocycles. The number of aliphatic hydroxyl groups excluding tert-OH is 1. The van der Waals surface area contributed by atoms with Crippen LogP contribution in [0.5, 0.6) is 0 Å². The number of carbonyl (C=O) groups excluding carboxylic acids is 1. The van der Waals surface area contributed by atoms with E-state index in [1.807, 2.05) is 6.92 Å². The van der Waals surface area contributed by atoms with Crippen molar-refractivity contribution in [2.75, 3.05) is 6.54 Å². The van der Waals surface area contributed by atoms with E-state index in [1.165, 1.54) is 24.7 Å². The van der Waals surface area contributed by atoms with Gasteiger partial charge in [0.05, 0.1) is 6.10 Å². The molecule has 0 unspecified atom stereocenters. The van der Waals surface area contributed by atoms with Crippen molar-refractivity contribution in [3.05, 3.63) is 23.3 Å². The van der Waals surface area contributed by atoms with Gasteiger partial charge < -0.3 is 10.4 Å². The number of rotatable bonds is 4. The van der Waals surface area contributed by atoms with E-state index < -0.39 is 6.10 Å². The lowest BCUT2D eigenvalue weighted by Gasteiger charge is -2.15. The number of aliphatic hydroxyl groups is 1. The fraction of sp³-hybridized carbons (Fsp3) is 0.688. The van der Waals surface area contributed by atoms with E-state index in [1.54, 1.807) is 0 Å². The second kappa shape index (κ2) is 6.60. The van der Waals surface area contributed by atoms with Crippen LogP contribution in [0.2, 0.25) is 0 Å². The van der Waals surface area contributed by atoms with Crippen molar-refractivity contribution in [3.8, 4) is 0 Å². The third kappa shape index (κ3) is 3.21. The first-order valence-corrected chi connectivity index (χ1v) is 8.15. The van der Waals surface area contributed by atoms with Gasteiger partial charge in [0.1, 0.15) is 12.2 Å². The highest BCUT2D eigenvalue weighted by molar-refractivity contribution is 5.93. The largest absolute Gasteiger partial charge is 0.393 e. The molecule has 3 N–H and O–H groups in total. The van der Waals surface area contributed by atoms with Crippen molar-refractivity contribution < 1.29 is 9.90 Å². The second-order valence-corrected chi connectivity index (χ2v) is 6.51. The lowest BCUT2D eigenvalue weighted by Crippen LogP contribution is -2.33. The predicted octanol–water partition coefficient (Wildman–Crippen LogP) is 1.67. The Hall–Kier alpha value is -1.69. The summed E-state index contributed by atoms with van der Waals surface area (Å²) in [5.41, 5.74) is 2.17. The molecule has 2 fully saturated rings. The first-order chi connectivity index (χ1) is 10.6. The van der Waals surface area contributed by atoms with Crippen molar-refractivity contribution >= 4 is 5.91 Å². The molecule has 0 saturated heterocycles. The standard InChI is InChI=1S/C16H24N4O2/c1-10(11-4-2-3-5-11)16(22)17-8-13-6-12(7-14(13)21)15-18-9-19-20-15/h9,12-14,21H,2-8H2,1H3,(H,17,22)(H,18,19,20)/t12-,13+,14+/m1/s1. The second-order valence-electron chi connectivity index (χ2n) is 6.51. The Morgan fingerprint density at radius 3 is 2.86 bits per heavy atom. The number of nitrogens with one attached hydrogen (secondary N) is 2. The summed E-state index contributed by atoms with van der Waals surface area (Å²) in [6.45, 7) is 2.44. The van der Waals surface area contributed by atoms with Crippen LogP contribution in [0.15, 0.2) is 17.5 Å². The molecule has 1 aromatic heterocycles. The summed E-state index contributed by atoms with van der Waals surface area (Å²) >= 11 is 0. The third-order valence-electron chi connectivity index (χ3n) is 5.08. The highest BCUT2D eigenvalue weighted by atomic mass is 16.3. The van der Waals surface area contributed by atoms with E-state index >= 15 is 0 Å². The predicted molar refractivity (Wildman–Crippen MR) is 82.0 cm³/mol. The van der Waals surface area contributed by atoms with Crippen LogP contribution in [0.25, 0.3) is 0 Å². The Kier molecular flexibility index (Phi) is 4.57. The maximum atomic E-state index is 12.2. The monoisotopic (exact) mass is 304 g/mol. The van der Waals surface area contributed by atoms with Crippen LogP contribution in [-0.2, 0) is 4.79 Å². The van der Waals surface area contributed by atoms with E-state index in [-0.39, 0.29) is 17.7 Å². The molecule has 3 atom stereocenters. The average molecular weight is 304 g/mol. The van der Waals surface area contributed by atoms with Crippen LogP contribution in [0.3, 0.4) is 0 Å². The van der Waals surface area contributed by atoms with Crippen LogP contribution in [0, 0.1) is 5.92 Å². The minimum atomic E-state index is -0.394. The molecular formula is C16H24N4O2. The molecule has 0 aromatic carbocycles. The van der Waals surface area contributed by atoms with Gasteiger partial charge in [-0.05, 0) is 45.4 Å². The highest BCUT2D eigenvalue weighted by Crippen LogP contribution is 2.36. The number of aromatic nitrogens is 3. The fourth-order valence-corrected chi connectivity index (χ4v) is 3.65. The molecule has 3 rings (SSSR count). The summed E-state index contributed by atoms with van der Waals surface area (Å²) in [7, 11) is 0. The molecule has 0 radical (unpaired) electrons. The lowest BCUT2D eigenvalue weighted by atomic mass is 10.0. The van der Waals surface area contributed by atoms with Crippen molar-refractivity contribution in [1.82, 2.24) is 20.5 Å². The maximum absolute atomic E-state index is 12.2. The molecule has 6 nitrogen and oxygen atoms in total. The zero-order valence-electron chi connectivity index (χ0n) is 13.0. The minimum absolute atomic E-state index is 0.0206. The Balaban J connectivity index is 1.53. The summed E-state index contributed by atoms with van der Waals surface area (Å²) in [6.07, 6.45) is 7.10. The van der Waals surface area contributed by atoms with E-state index in [0.717, 1.165) is 30.7 Å². The van der Waals surface area contributed by atoms with Gasteiger partial charge in [0.2, 0.25) is 5.91 Å². The SMILES string of the molecule is CC(C(=O)NC[C@@H]1C[C@@H](c2ncn[nH]2)C[C@@H]1O)=C1CCCC1. The number of H-pyrrole nitrogens is 1. The van der Waals surface area contributed by atoms with Crippen molar-refractivity contribution in [2.45, 2.75) is 57.5 Å². The van der Waals surface area contributed by atoms with Crippen LogP contribution >= 0.6 is 0 Å². The zero-order valence-corrected chi connectivity index (χ0v) is 13.0. The molecule has 0 spiro atoms.